The van der Waals surface area contributed by atoms with Crippen LogP contribution in [0.4, 0.5) is 4.79 Å². The van der Waals surface area contributed by atoms with Crippen LogP contribution in [-0.2, 0) is 9.53 Å². The molecule has 0 aliphatic carbocycles. The van der Waals surface area contributed by atoms with Crippen molar-refractivity contribution in [1.82, 2.24) is 10.6 Å². The number of quaternary nitrogens is 1. The summed E-state index contributed by atoms with van der Waals surface area (Å²) in [7, 11) is 3.07. The molecule has 3 amide bonds. The van der Waals surface area contributed by atoms with Crippen molar-refractivity contribution in [2.45, 2.75) is 6.04 Å². The summed E-state index contributed by atoms with van der Waals surface area (Å²) in [5, 5.41) is 6.50. The van der Waals surface area contributed by atoms with Crippen molar-refractivity contribution in [3.63, 3.8) is 0 Å². The van der Waals surface area contributed by atoms with Gasteiger partial charge in [-0.1, -0.05) is 30.3 Å². The van der Waals surface area contributed by atoms with Crippen LogP contribution in [0.2, 0.25) is 0 Å². The highest BCUT2D eigenvalue weighted by molar-refractivity contribution is 5.96. The van der Waals surface area contributed by atoms with Crippen molar-refractivity contribution in [3.05, 3.63) is 35.9 Å². The molecular weight excluding hydrogens is 246 g/mol. The molecule has 6 nitrogen and oxygen atoms in total. The first kappa shape index (κ1) is 15.1. The first-order chi connectivity index (χ1) is 9.19. The Hall–Kier alpha value is -1.92. The van der Waals surface area contributed by atoms with Crippen LogP contribution in [0, 0.1) is 0 Å². The second-order valence-electron chi connectivity index (χ2n) is 3.97. The van der Waals surface area contributed by atoms with E-state index >= 15 is 0 Å². The molecule has 1 rings (SSSR count). The molecule has 0 bridgehead atoms. The predicted molar refractivity (Wildman–Crippen MR) is 70.4 cm³/mol. The van der Waals surface area contributed by atoms with Crippen molar-refractivity contribution >= 4 is 11.9 Å². The van der Waals surface area contributed by atoms with Gasteiger partial charge in [0.05, 0.1) is 6.61 Å². The highest BCUT2D eigenvalue weighted by atomic mass is 16.5. The SMILES string of the molecule is CNC(=O)NC(=O)[C@@H]([NH2+]CCOC)c1ccccc1. The van der Waals surface area contributed by atoms with E-state index in [0.29, 0.717) is 13.2 Å². The van der Waals surface area contributed by atoms with E-state index in [9.17, 15) is 9.59 Å². The van der Waals surface area contributed by atoms with Crippen LogP contribution in [0.3, 0.4) is 0 Å². The molecule has 104 valence electrons. The predicted octanol–water partition coefficient (Wildman–Crippen LogP) is -0.607. The molecule has 0 aliphatic heterocycles. The minimum Gasteiger partial charge on any atom is -0.379 e. The number of rotatable bonds is 6. The molecule has 1 aromatic carbocycles. The molecular formula is C13H20N3O3+. The topological polar surface area (TPSA) is 84.0 Å². The summed E-state index contributed by atoms with van der Waals surface area (Å²) >= 11 is 0. The Labute approximate surface area is 112 Å². The Morgan fingerprint density at radius 1 is 1.32 bits per heavy atom. The maximum atomic E-state index is 12.1. The van der Waals surface area contributed by atoms with E-state index in [0.717, 1.165) is 5.56 Å². The van der Waals surface area contributed by atoms with Crippen LogP contribution in [0.5, 0.6) is 0 Å². The third kappa shape index (κ3) is 5.07. The van der Waals surface area contributed by atoms with E-state index in [2.05, 4.69) is 10.6 Å². The van der Waals surface area contributed by atoms with Gasteiger partial charge in [-0.05, 0) is 0 Å². The number of nitrogens with two attached hydrogens (primary N) is 1. The fraction of sp³-hybridized carbons (Fsp3) is 0.385. The number of methoxy groups -OCH3 is 1. The molecule has 0 heterocycles. The fourth-order valence-electron chi connectivity index (χ4n) is 1.66. The van der Waals surface area contributed by atoms with Crippen LogP contribution in [-0.4, -0.2) is 39.2 Å². The summed E-state index contributed by atoms with van der Waals surface area (Å²) in [5.74, 6) is -0.346. The zero-order valence-electron chi connectivity index (χ0n) is 11.2. The smallest absolute Gasteiger partial charge is 0.321 e. The maximum absolute atomic E-state index is 12.1. The Morgan fingerprint density at radius 3 is 2.58 bits per heavy atom. The lowest BCUT2D eigenvalue weighted by Gasteiger charge is -2.15. The second-order valence-corrected chi connectivity index (χ2v) is 3.97. The van der Waals surface area contributed by atoms with Crippen molar-refractivity contribution < 1.29 is 19.6 Å². The molecule has 0 saturated carbocycles. The van der Waals surface area contributed by atoms with Gasteiger partial charge in [0.1, 0.15) is 6.54 Å². The van der Waals surface area contributed by atoms with E-state index in [1.54, 1.807) is 7.11 Å². The van der Waals surface area contributed by atoms with Crippen molar-refractivity contribution in [2.24, 2.45) is 0 Å². The Kier molecular flexibility index (Phi) is 6.56. The van der Waals surface area contributed by atoms with Gasteiger partial charge in [-0.2, -0.15) is 0 Å². The third-order valence-electron chi connectivity index (χ3n) is 2.63. The molecule has 4 N–H and O–H groups in total. The van der Waals surface area contributed by atoms with Crippen molar-refractivity contribution in [2.75, 3.05) is 27.3 Å². The third-order valence-corrected chi connectivity index (χ3v) is 2.63. The molecule has 1 atom stereocenters. The Balaban J connectivity index is 2.74. The van der Waals surface area contributed by atoms with Gasteiger partial charge in [0.15, 0.2) is 6.04 Å². The summed E-state index contributed by atoms with van der Waals surface area (Å²) in [6.07, 6.45) is 0. The number of urea groups is 1. The monoisotopic (exact) mass is 266 g/mol. The van der Waals surface area contributed by atoms with Gasteiger partial charge in [0, 0.05) is 19.7 Å². The largest absolute Gasteiger partial charge is 0.379 e. The number of nitrogens with one attached hydrogen (secondary N) is 2. The van der Waals surface area contributed by atoms with Crippen LogP contribution < -0.4 is 16.0 Å². The number of carbonyl (C=O) groups is 2. The molecule has 1 aromatic rings. The lowest BCUT2D eigenvalue weighted by atomic mass is 10.1. The second kappa shape index (κ2) is 8.23. The lowest BCUT2D eigenvalue weighted by Crippen LogP contribution is -2.88. The van der Waals surface area contributed by atoms with Gasteiger partial charge in [0.25, 0.3) is 5.91 Å². The van der Waals surface area contributed by atoms with Crippen molar-refractivity contribution in [1.29, 1.82) is 0 Å². The van der Waals surface area contributed by atoms with Crippen molar-refractivity contribution in [3.8, 4) is 0 Å². The van der Waals surface area contributed by atoms with Gasteiger partial charge in [-0.15, -0.1) is 0 Å². The van der Waals surface area contributed by atoms with Crippen LogP contribution in [0.25, 0.3) is 0 Å². The molecule has 0 aromatic heterocycles. The zero-order chi connectivity index (χ0) is 14.1. The molecule has 0 unspecified atom stereocenters. The molecule has 0 aliphatic rings. The van der Waals surface area contributed by atoms with E-state index in [1.165, 1.54) is 7.05 Å². The summed E-state index contributed by atoms with van der Waals surface area (Å²) in [6.45, 7) is 1.17. The fourth-order valence-corrected chi connectivity index (χ4v) is 1.66. The first-order valence-electron chi connectivity index (χ1n) is 6.08. The van der Waals surface area contributed by atoms with Gasteiger partial charge >= 0.3 is 6.03 Å². The van der Waals surface area contributed by atoms with Crippen LogP contribution in [0.15, 0.2) is 30.3 Å². The molecule has 6 heteroatoms. The number of imide groups is 1. The highest BCUT2D eigenvalue weighted by Crippen LogP contribution is 2.08. The first-order valence-corrected chi connectivity index (χ1v) is 6.08. The van der Waals surface area contributed by atoms with E-state index < -0.39 is 12.1 Å². The molecule has 0 fully saturated rings. The summed E-state index contributed by atoms with van der Waals surface area (Å²) in [5.41, 5.74) is 0.847. The van der Waals surface area contributed by atoms with Crippen LogP contribution in [0.1, 0.15) is 11.6 Å². The lowest BCUT2D eigenvalue weighted by molar-refractivity contribution is -0.684. The van der Waals surface area contributed by atoms with E-state index in [4.69, 9.17) is 4.74 Å². The summed E-state index contributed by atoms with van der Waals surface area (Å²) < 4.78 is 4.97. The van der Waals surface area contributed by atoms with Gasteiger partial charge in [-0.3, -0.25) is 10.1 Å². The number of carbonyl (C=O) groups excluding carboxylic acids is 2. The maximum Gasteiger partial charge on any atom is 0.321 e. The summed E-state index contributed by atoms with van der Waals surface area (Å²) in [6, 6.07) is 8.35. The average Bonchev–Trinajstić information content (AvgIpc) is 2.44. The number of benzene rings is 1. The van der Waals surface area contributed by atoms with Gasteiger partial charge in [0.2, 0.25) is 0 Å². The molecule has 0 radical (unpaired) electrons. The standard InChI is InChI=1S/C13H19N3O3/c1-14-13(18)16-12(17)11(15-8-9-19-2)10-6-4-3-5-7-10/h3-7,11,15H,8-9H2,1-2H3,(H2,14,16,17,18)/p+1/t11-/m0/s1. The zero-order valence-corrected chi connectivity index (χ0v) is 11.2. The average molecular weight is 266 g/mol. The molecule has 19 heavy (non-hydrogen) atoms. The quantitative estimate of drug-likeness (QED) is 0.601. The normalized spacial score (nSPS) is 11.7. The van der Waals surface area contributed by atoms with Gasteiger partial charge < -0.3 is 15.4 Å². The van der Waals surface area contributed by atoms with E-state index in [-0.39, 0.29) is 5.91 Å². The minimum absolute atomic E-state index is 0.346. The Morgan fingerprint density at radius 2 is 2.00 bits per heavy atom. The van der Waals surface area contributed by atoms with Crippen LogP contribution >= 0.6 is 0 Å². The number of hydrogen-bond donors (Lipinski definition) is 3. The van der Waals surface area contributed by atoms with Gasteiger partial charge in [-0.25, -0.2) is 4.79 Å². The molecule has 0 saturated heterocycles. The molecule has 0 spiro atoms. The highest BCUT2D eigenvalue weighted by Gasteiger charge is 2.24. The Bertz CT molecular complexity index is 409. The summed E-state index contributed by atoms with van der Waals surface area (Å²) in [4.78, 5) is 23.3. The minimum atomic E-state index is -0.508. The van der Waals surface area contributed by atoms with E-state index in [1.807, 2.05) is 35.6 Å². The number of amides is 3. The number of hydrogen-bond acceptors (Lipinski definition) is 3. The number of ether oxygens (including phenoxy) is 1.